The van der Waals surface area contributed by atoms with Crippen molar-refractivity contribution in [3.05, 3.63) is 23.8 Å². The Hall–Kier alpha value is -2.04. The Balaban J connectivity index is 1.90. The first kappa shape index (κ1) is 18.3. The molecule has 1 fully saturated rings. The molecule has 5 heteroatoms. The normalized spacial score (nSPS) is 14.5. The van der Waals surface area contributed by atoms with Crippen molar-refractivity contribution >= 4 is 23.2 Å². The number of benzene rings is 1. The first-order chi connectivity index (χ1) is 11.5. The van der Waals surface area contributed by atoms with Crippen LogP contribution in [0.25, 0.3) is 0 Å². The van der Waals surface area contributed by atoms with E-state index < -0.39 is 0 Å². The zero-order valence-electron chi connectivity index (χ0n) is 15.0. The first-order valence-corrected chi connectivity index (χ1v) is 8.98. The van der Waals surface area contributed by atoms with Crippen molar-refractivity contribution in [3.63, 3.8) is 0 Å². The summed E-state index contributed by atoms with van der Waals surface area (Å²) in [6.07, 6.45) is 4.26. The molecule has 0 atom stereocenters. The zero-order chi connectivity index (χ0) is 17.5. The number of rotatable bonds is 7. The minimum absolute atomic E-state index is 0.117. The van der Waals surface area contributed by atoms with Crippen LogP contribution in [0, 0.1) is 6.92 Å². The molecule has 0 aliphatic heterocycles. The van der Waals surface area contributed by atoms with Gasteiger partial charge in [0, 0.05) is 30.5 Å². The van der Waals surface area contributed by atoms with Gasteiger partial charge in [-0.1, -0.05) is 12.8 Å². The number of amides is 2. The van der Waals surface area contributed by atoms with Crippen LogP contribution in [0.1, 0.15) is 51.5 Å². The van der Waals surface area contributed by atoms with Crippen molar-refractivity contribution < 1.29 is 9.59 Å². The van der Waals surface area contributed by atoms with Crippen molar-refractivity contribution in [1.29, 1.82) is 0 Å². The first-order valence-electron chi connectivity index (χ1n) is 8.98. The average molecular weight is 331 g/mol. The fraction of sp³-hybridized carbons (Fsp3) is 0.579. The van der Waals surface area contributed by atoms with Gasteiger partial charge in [0.15, 0.2) is 0 Å². The van der Waals surface area contributed by atoms with Gasteiger partial charge in [-0.25, -0.2) is 0 Å². The monoisotopic (exact) mass is 331 g/mol. The van der Waals surface area contributed by atoms with Crippen LogP contribution < -0.4 is 15.5 Å². The highest BCUT2D eigenvalue weighted by Gasteiger charge is 2.19. The van der Waals surface area contributed by atoms with Crippen LogP contribution in [0.2, 0.25) is 0 Å². The number of aryl methyl sites for hydroxylation is 1. The molecule has 24 heavy (non-hydrogen) atoms. The lowest BCUT2D eigenvalue weighted by molar-refractivity contribution is -0.127. The number of nitrogens with zero attached hydrogens (tertiary/aromatic N) is 1. The second kappa shape index (κ2) is 8.71. The smallest absolute Gasteiger partial charge is 0.233 e. The highest BCUT2D eigenvalue weighted by Crippen LogP contribution is 2.23. The summed E-state index contributed by atoms with van der Waals surface area (Å²) in [6, 6.07) is 6.24. The summed E-state index contributed by atoms with van der Waals surface area (Å²) in [7, 11) is 0. The lowest BCUT2D eigenvalue weighted by Gasteiger charge is -2.22. The number of anilines is 2. The predicted octanol–water partition coefficient (Wildman–Crippen LogP) is 3.23. The van der Waals surface area contributed by atoms with Gasteiger partial charge in [-0.05, 0) is 57.4 Å². The Morgan fingerprint density at radius 3 is 2.38 bits per heavy atom. The standard InChI is InChI=1S/C19H29N3O2/c1-4-22(5-2)16-10-11-17(14(3)12-16)21-19(24)13-18(23)20-15-8-6-7-9-15/h10-12,15H,4-9,13H2,1-3H3,(H,20,23)(H,21,24). The predicted molar refractivity (Wildman–Crippen MR) is 98.4 cm³/mol. The molecule has 1 aromatic rings. The van der Waals surface area contributed by atoms with E-state index >= 15 is 0 Å². The van der Waals surface area contributed by atoms with Crippen molar-refractivity contribution in [2.75, 3.05) is 23.3 Å². The molecule has 2 N–H and O–H groups in total. The van der Waals surface area contributed by atoms with Crippen molar-refractivity contribution in [2.45, 2.75) is 58.9 Å². The Kier molecular flexibility index (Phi) is 6.64. The van der Waals surface area contributed by atoms with E-state index in [9.17, 15) is 9.59 Å². The van der Waals surface area contributed by atoms with Gasteiger partial charge in [0.25, 0.3) is 0 Å². The largest absolute Gasteiger partial charge is 0.372 e. The van der Waals surface area contributed by atoms with E-state index in [2.05, 4.69) is 35.4 Å². The van der Waals surface area contributed by atoms with Gasteiger partial charge < -0.3 is 15.5 Å². The molecule has 5 nitrogen and oxygen atoms in total. The third kappa shape index (κ3) is 4.98. The quantitative estimate of drug-likeness (QED) is 0.754. The van der Waals surface area contributed by atoms with Gasteiger partial charge in [-0.3, -0.25) is 9.59 Å². The van der Waals surface area contributed by atoms with Crippen LogP contribution in [0.3, 0.4) is 0 Å². The van der Waals surface area contributed by atoms with Crippen LogP contribution in [0.4, 0.5) is 11.4 Å². The van der Waals surface area contributed by atoms with Crippen LogP contribution in [0.15, 0.2) is 18.2 Å². The van der Waals surface area contributed by atoms with Crippen molar-refractivity contribution in [3.8, 4) is 0 Å². The van der Waals surface area contributed by atoms with Crippen LogP contribution in [0.5, 0.6) is 0 Å². The van der Waals surface area contributed by atoms with E-state index in [0.29, 0.717) is 0 Å². The number of nitrogens with one attached hydrogen (secondary N) is 2. The SMILES string of the molecule is CCN(CC)c1ccc(NC(=O)CC(=O)NC2CCCC2)c(C)c1. The van der Waals surface area contributed by atoms with E-state index in [1.807, 2.05) is 19.1 Å². The van der Waals surface area contributed by atoms with Crippen molar-refractivity contribution in [2.24, 2.45) is 0 Å². The molecule has 1 aromatic carbocycles. The van der Waals surface area contributed by atoms with Gasteiger partial charge >= 0.3 is 0 Å². The molecule has 1 aliphatic carbocycles. The molecule has 0 spiro atoms. The molecule has 0 unspecified atom stereocenters. The van der Waals surface area contributed by atoms with Crippen LogP contribution >= 0.6 is 0 Å². The lowest BCUT2D eigenvalue weighted by atomic mass is 10.1. The third-order valence-corrected chi connectivity index (χ3v) is 4.65. The van der Waals surface area contributed by atoms with Gasteiger partial charge in [0.2, 0.25) is 11.8 Å². The number of hydrogen-bond donors (Lipinski definition) is 2. The van der Waals surface area contributed by atoms with Gasteiger partial charge in [-0.15, -0.1) is 0 Å². The molecule has 0 radical (unpaired) electrons. The van der Waals surface area contributed by atoms with E-state index in [1.54, 1.807) is 0 Å². The minimum Gasteiger partial charge on any atom is -0.372 e. The summed E-state index contributed by atoms with van der Waals surface area (Å²) >= 11 is 0. The Labute approximate surface area is 144 Å². The Bertz CT molecular complexity index is 576. The maximum Gasteiger partial charge on any atom is 0.233 e. The second-order valence-corrected chi connectivity index (χ2v) is 6.45. The highest BCUT2D eigenvalue weighted by molar-refractivity contribution is 6.04. The summed E-state index contributed by atoms with van der Waals surface area (Å²) in [5.41, 5.74) is 2.92. The van der Waals surface area contributed by atoms with Gasteiger partial charge in [0.1, 0.15) is 6.42 Å². The summed E-state index contributed by atoms with van der Waals surface area (Å²) in [5, 5.41) is 5.79. The van der Waals surface area contributed by atoms with E-state index in [4.69, 9.17) is 0 Å². The molecule has 0 aromatic heterocycles. The molecule has 0 heterocycles. The van der Waals surface area contributed by atoms with E-state index in [-0.39, 0.29) is 24.3 Å². The Morgan fingerprint density at radius 2 is 1.79 bits per heavy atom. The summed E-state index contributed by atoms with van der Waals surface area (Å²) in [6.45, 7) is 8.11. The van der Waals surface area contributed by atoms with E-state index in [0.717, 1.165) is 55.7 Å². The van der Waals surface area contributed by atoms with Gasteiger partial charge in [-0.2, -0.15) is 0 Å². The summed E-state index contributed by atoms with van der Waals surface area (Å²) in [4.78, 5) is 26.3. The van der Waals surface area contributed by atoms with Crippen LogP contribution in [-0.2, 0) is 9.59 Å². The zero-order valence-corrected chi connectivity index (χ0v) is 15.0. The minimum atomic E-state index is -0.260. The second-order valence-electron chi connectivity index (χ2n) is 6.45. The lowest BCUT2D eigenvalue weighted by Crippen LogP contribution is -2.35. The molecular formula is C19H29N3O2. The summed E-state index contributed by atoms with van der Waals surface area (Å²) < 4.78 is 0. The molecule has 1 aliphatic rings. The fourth-order valence-corrected chi connectivity index (χ4v) is 3.26. The summed E-state index contributed by atoms with van der Waals surface area (Å²) in [5.74, 6) is -0.444. The topological polar surface area (TPSA) is 61.4 Å². The number of carbonyl (C=O) groups excluding carboxylic acids is 2. The van der Waals surface area contributed by atoms with Crippen molar-refractivity contribution in [1.82, 2.24) is 5.32 Å². The van der Waals surface area contributed by atoms with Gasteiger partial charge in [0.05, 0.1) is 0 Å². The maximum absolute atomic E-state index is 12.1. The van der Waals surface area contributed by atoms with Crippen LogP contribution in [-0.4, -0.2) is 30.9 Å². The van der Waals surface area contributed by atoms with E-state index in [1.165, 1.54) is 0 Å². The highest BCUT2D eigenvalue weighted by atomic mass is 16.2. The molecule has 132 valence electrons. The molecule has 1 saturated carbocycles. The maximum atomic E-state index is 12.1. The third-order valence-electron chi connectivity index (χ3n) is 4.65. The average Bonchev–Trinajstić information content (AvgIpc) is 3.03. The molecule has 2 amide bonds. The molecule has 0 saturated heterocycles. The number of carbonyl (C=O) groups is 2. The molecule has 0 bridgehead atoms. The Morgan fingerprint density at radius 1 is 1.12 bits per heavy atom. The molecule has 2 rings (SSSR count). The number of hydrogen-bond acceptors (Lipinski definition) is 3. The fourth-order valence-electron chi connectivity index (χ4n) is 3.26. The molecular weight excluding hydrogens is 302 g/mol.